The molecule has 0 unspecified atom stereocenters. The molecule has 1 saturated carbocycles. The van der Waals surface area contributed by atoms with Crippen molar-refractivity contribution < 1.29 is 14.3 Å². The zero-order valence-electron chi connectivity index (χ0n) is 12.2. The van der Waals surface area contributed by atoms with Gasteiger partial charge in [-0.1, -0.05) is 12.8 Å². The summed E-state index contributed by atoms with van der Waals surface area (Å²) < 4.78 is 12.6. The molecule has 0 aliphatic heterocycles. The molecule has 2 N–H and O–H groups in total. The van der Waals surface area contributed by atoms with Crippen molar-refractivity contribution in [1.82, 2.24) is 9.55 Å². The van der Waals surface area contributed by atoms with E-state index >= 15 is 0 Å². The average Bonchev–Trinajstić information content (AvgIpc) is 3.01. The lowest BCUT2D eigenvalue weighted by Crippen LogP contribution is -2.16. The fraction of sp³-hybridized carbons (Fsp3) is 0.714. The van der Waals surface area contributed by atoms with Crippen LogP contribution in [0.1, 0.15) is 48.9 Å². The minimum absolute atomic E-state index is 0.199. The van der Waals surface area contributed by atoms with Crippen LogP contribution in [0.2, 0.25) is 0 Å². The molecule has 1 aromatic heterocycles. The van der Waals surface area contributed by atoms with Crippen molar-refractivity contribution in [2.75, 3.05) is 18.9 Å². The summed E-state index contributed by atoms with van der Waals surface area (Å²) in [6.45, 7) is 5.10. The van der Waals surface area contributed by atoms with E-state index < -0.39 is 5.97 Å². The number of imidazole rings is 1. The van der Waals surface area contributed by atoms with Gasteiger partial charge in [-0.25, -0.2) is 9.78 Å². The van der Waals surface area contributed by atoms with Gasteiger partial charge < -0.3 is 19.8 Å². The van der Waals surface area contributed by atoms with E-state index in [0.717, 1.165) is 12.8 Å². The van der Waals surface area contributed by atoms with Gasteiger partial charge in [0.05, 0.1) is 19.3 Å². The van der Waals surface area contributed by atoms with E-state index in [-0.39, 0.29) is 5.69 Å². The summed E-state index contributed by atoms with van der Waals surface area (Å²) in [5, 5.41) is 0. The summed E-state index contributed by atoms with van der Waals surface area (Å²) in [5.74, 6) is 0.597. The molecule has 20 heavy (non-hydrogen) atoms. The monoisotopic (exact) mass is 281 g/mol. The van der Waals surface area contributed by atoms with Crippen LogP contribution in [0.5, 0.6) is 0 Å². The molecule has 1 heterocycles. The molecule has 0 bridgehead atoms. The van der Waals surface area contributed by atoms with Crippen LogP contribution in [0.4, 0.5) is 5.82 Å². The molecule has 0 aromatic carbocycles. The lowest BCUT2D eigenvalue weighted by atomic mass is 10.3. The van der Waals surface area contributed by atoms with E-state index in [2.05, 4.69) is 4.98 Å². The third kappa shape index (κ3) is 3.30. The summed E-state index contributed by atoms with van der Waals surface area (Å²) in [6, 6.07) is 0. The smallest absolute Gasteiger partial charge is 0.360 e. The first-order valence-electron chi connectivity index (χ1n) is 7.24. The van der Waals surface area contributed by atoms with E-state index in [0.29, 0.717) is 37.5 Å². The quantitative estimate of drug-likeness (QED) is 0.806. The second-order valence-corrected chi connectivity index (χ2v) is 5.04. The summed E-state index contributed by atoms with van der Waals surface area (Å²) >= 11 is 0. The van der Waals surface area contributed by atoms with E-state index in [4.69, 9.17) is 15.2 Å². The van der Waals surface area contributed by atoms with Gasteiger partial charge in [-0.2, -0.15) is 0 Å². The largest absolute Gasteiger partial charge is 0.461 e. The molecule has 6 heteroatoms. The standard InChI is InChI=1S/C14H23N3O3/c1-3-19-14(18)12-13(15)17(10(2)16-12)8-9-20-11-6-4-5-7-11/h11H,3-9,15H2,1-2H3. The molecular weight excluding hydrogens is 258 g/mol. The Morgan fingerprint density at radius 3 is 2.80 bits per heavy atom. The molecule has 0 amide bonds. The number of nitrogens with zero attached hydrogens (tertiary/aromatic N) is 2. The number of carbonyl (C=O) groups excluding carboxylic acids is 1. The van der Waals surface area contributed by atoms with Crippen LogP contribution in [0, 0.1) is 6.92 Å². The van der Waals surface area contributed by atoms with E-state index in [1.165, 1.54) is 12.8 Å². The van der Waals surface area contributed by atoms with Crippen molar-refractivity contribution >= 4 is 11.8 Å². The minimum Gasteiger partial charge on any atom is -0.461 e. The second kappa shape index (κ2) is 6.74. The highest BCUT2D eigenvalue weighted by Gasteiger charge is 2.20. The van der Waals surface area contributed by atoms with Crippen molar-refractivity contribution in [2.45, 2.75) is 52.2 Å². The maximum absolute atomic E-state index is 11.7. The van der Waals surface area contributed by atoms with E-state index in [1.807, 2.05) is 6.92 Å². The van der Waals surface area contributed by atoms with Crippen molar-refractivity contribution in [3.8, 4) is 0 Å². The predicted molar refractivity (Wildman–Crippen MR) is 75.5 cm³/mol. The lowest BCUT2D eigenvalue weighted by molar-refractivity contribution is 0.0514. The van der Waals surface area contributed by atoms with Gasteiger partial charge >= 0.3 is 5.97 Å². The number of esters is 1. The third-order valence-corrected chi connectivity index (χ3v) is 3.64. The summed E-state index contributed by atoms with van der Waals surface area (Å²) in [6.07, 6.45) is 5.18. The molecule has 1 aliphatic rings. The zero-order chi connectivity index (χ0) is 14.5. The van der Waals surface area contributed by atoms with Crippen LogP contribution < -0.4 is 5.73 Å². The fourth-order valence-electron chi connectivity index (χ4n) is 2.58. The van der Waals surface area contributed by atoms with Gasteiger partial charge in [-0.15, -0.1) is 0 Å². The Kier molecular flexibility index (Phi) is 5.00. The molecule has 0 spiro atoms. The lowest BCUT2D eigenvalue weighted by Gasteiger charge is -2.12. The first-order valence-corrected chi connectivity index (χ1v) is 7.24. The number of nitrogens with two attached hydrogens (primary N) is 1. The van der Waals surface area contributed by atoms with Gasteiger partial charge in [0.2, 0.25) is 0 Å². The number of carbonyl (C=O) groups is 1. The molecule has 0 radical (unpaired) electrons. The predicted octanol–water partition coefficient (Wildman–Crippen LogP) is 1.91. The van der Waals surface area contributed by atoms with Gasteiger partial charge in [0, 0.05) is 6.54 Å². The molecule has 2 rings (SSSR count). The third-order valence-electron chi connectivity index (χ3n) is 3.64. The Morgan fingerprint density at radius 1 is 1.45 bits per heavy atom. The molecule has 1 aliphatic carbocycles. The SMILES string of the molecule is CCOC(=O)c1nc(C)n(CCOC2CCCC2)c1N. The second-order valence-electron chi connectivity index (χ2n) is 5.04. The van der Waals surface area contributed by atoms with Crippen molar-refractivity contribution in [3.05, 3.63) is 11.5 Å². The first-order chi connectivity index (χ1) is 9.63. The molecule has 1 aromatic rings. The van der Waals surface area contributed by atoms with Gasteiger partial charge in [0.25, 0.3) is 0 Å². The zero-order valence-corrected chi connectivity index (χ0v) is 12.2. The Hall–Kier alpha value is -1.56. The number of aromatic nitrogens is 2. The van der Waals surface area contributed by atoms with Crippen LogP contribution in [-0.4, -0.2) is 34.8 Å². The summed E-state index contributed by atoms with van der Waals surface area (Å²) in [5.41, 5.74) is 6.17. The number of rotatable bonds is 6. The van der Waals surface area contributed by atoms with Crippen LogP contribution in [0.25, 0.3) is 0 Å². The number of ether oxygens (including phenoxy) is 2. The Bertz CT molecular complexity index is 464. The Balaban J connectivity index is 1.95. The first kappa shape index (κ1) is 14.8. The Morgan fingerprint density at radius 2 is 2.15 bits per heavy atom. The van der Waals surface area contributed by atoms with Crippen LogP contribution >= 0.6 is 0 Å². The van der Waals surface area contributed by atoms with Crippen molar-refractivity contribution in [3.63, 3.8) is 0 Å². The normalized spacial score (nSPS) is 15.7. The molecule has 112 valence electrons. The molecule has 0 saturated heterocycles. The van der Waals surface area contributed by atoms with Gasteiger partial charge in [0.1, 0.15) is 11.6 Å². The van der Waals surface area contributed by atoms with Crippen molar-refractivity contribution in [1.29, 1.82) is 0 Å². The highest BCUT2D eigenvalue weighted by molar-refractivity contribution is 5.92. The van der Waals surface area contributed by atoms with Crippen LogP contribution in [0.3, 0.4) is 0 Å². The number of hydrogen-bond acceptors (Lipinski definition) is 5. The maximum atomic E-state index is 11.7. The van der Waals surface area contributed by atoms with Crippen molar-refractivity contribution in [2.24, 2.45) is 0 Å². The average molecular weight is 281 g/mol. The Labute approximate surface area is 119 Å². The molecule has 0 atom stereocenters. The summed E-state index contributed by atoms with van der Waals surface area (Å²) in [4.78, 5) is 15.9. The fourth-order valence-corrected chi connectivity index (χ4v) is 2.58. The van der Waals surface area contributed by atoms with E-state index in [9.17, 15) is 4.79 Å². The number of aryl methyl sites for hydroxylation is 1. The minimum atomic E-state index is -0.469. The molecule has 1 fully saturated rings. The number of nitrogen functional groups attached to an aromatic ring is 1. The van der Waals surface area contributed by atoms with Gasteiger partial charge in [-0.05, 0) is 26.7 Å². The van der Waals surface area contributed by atoms with Gasteiger partial charge in [-0.3, -0.25) is 0 Å². The van der Waals surface area contributed by atoms with Crippen LogP contribution in [-0.2, 0) is 16.0 Å². The topological polar surface area (TPSA) is 79.4 Å². The summed E-state index contributed by atoms with van der Waals surface area (Å²) in [7, 11) is 0. The molecule has 6 nitrogen and oxygen atoms in total. The number of hydrogen-bond donors (Lipinski definition) is 1. The molecular formula is C14H23N3O3. The maximum Gasteiger partial charge on any atom is 0.360 e. The van der Waals surface area contributed by atoms with Crippen LogP contribution in [0.15, 0.2) is 0 Å². The van der Waals surface area contributed by atoms with Gasteiger partial charge in [0.15, 0.2) is 5.69 Å². The van der Waals surface area contributed by atoms with E-state index in [1.54, 1.807) is 11.5 Å². The number of anilines is 1. The highest BCUT2D eigenvalue weighted by atomic mass is 16.5. The highest BCUT2D eigenvalue weighted by Crippen LogP contribution is 2.21.